The Hall–Kier alpha value is -2.54. The van der Waals surface area contributed by atoms with Gasteiger partial charge in [-0.3, -0.25) is 0 Å². The van der Waals surface area contributed by atoms with E-state index in [1.165, 1.54) is 0 Å². The van der Waals surface area contributed by atoms with Gasteiger partial charge in [-0.15, -0.1) is 0 Å². The van der Waals surface area contributed by atoms with Gasteiger partial charge in [-0.2, -0.15) is 0 Å². The molecule has 0 amide bonds. The molecule has 3 aromatic carbocycles. The maximum Gasteiger partial charge on any atom is 0.164 e. The van der Waals surface area contributed by atoms with Crippen molar-refractivity contribution in [1.29, 1.82) is 0 Å². The van der Waals surface area contributed by atoms with E-state index in [9.17, 15) is 0 Å². The SMILES string of the molecule is CC1(C)OC2[C@H](N)O[C@H](COC(c3ccccc3)(c3ccccc3)c3ccccc3)[C@@H]2O1. The number of benzene rings is 3. The first kappa shape index (κ1) is 21.3. The monoisotopic (exact) mass is 431 g/mol. The van der Waals surface area contributed by atoms with Crippen LogP contribution in [0.4, 0.5) is 0 Å². The lowest BCUT2D eigenvalue weighted by Gasteiger charge is -2.37. The van der Waals surface area contributed by atoms with Crippen molar-refractivity contribution in [2.24, 2.45) is 5.73 Å². The van der Waals surface area contributed by atoms with Crippen LogP contribution in [0.3, 0.4) is 0 Å². The lowest BCUT2D eigenvalue weighted by Crippen LogP contribution is -2.39. The third-order valence-electron chi connectivity index (χ3n) is 6.19. The molecule has 2 aliphatic heterocycles. The van der Waals surface area contributed by atoms with Gasteiger partial charge in [-0.05, 0) is 30.5 Å². The molecule has 0 radical (unpaired) electrons. The fourth-order valence-corrected chi connectivity index (χ4v) is 4.83. The molecule has 2 fully saturated rings. The number of nitrogens with two attached hydrogens (primary N) is 1. The fourth-order valence-electron chi connectivity index (χ4n) is 4.83. The van der Waals surface area contributed by atoms with E-state index in [1.54, 1.807) is 0 Å². The van der Waals surface area contributed by atoms with Crippen LogP contribution in [0.15, 0.2) is 91.0 Å². The Morgan fingerprint density at radius 1 is 0.750 bits per heavy atom. The zero-order valence-corrected chi connectivity index (χ0v) is 18.4. The number of fused-ring (bicyclic) bond motifs is 1. The Balaban J connectivity index is 1.55. The summed E-state index contributed by atoms with van der Waals surface area (Å²) < 4.78 is 25.0. The summed E-state index contributed by atoms with van der Waals surface area (Å²) in [7, 11) is 0. The van der Waals surface area contributed by atoms with Gasteiger partial charge in [0.05, 0.1) is 6.61 Å². The second-order valence-electron chi connectivity index (χ2n) is 8.79. The average molecular weight is 432 g/mol. The van der Waals surface area contributed by atoms with Crippen LogP contribution in [0.2, 0.25) is 0 Å². The first-order valence-corrected chi connectivity index (χ1v) is 11.1. The van der Waals surface area contributed by atoms with Crippen LogP contribution in [0, 0.1) is 0 Å². The van der Waals surface area contributed by atoms with Crippen molar-refractivity contribution >= 4 is 0 Å². The van der Waals surface area contributed by atoms with Crippen LogP contribution in [0.25, 0.3) is 0 Å². The molecule has 0 bridgehead atoms. The van der Waals surface area contributed by atoms with Crippen LogP contribution in [0.5, 0.6) is 0 Å². The topological polar surface area (TPSA) is 62.9 Å². The number of rotatable bonds is 6. The highest BCUT2D eigenvalue weighted by Gasteiger charge is 2.54. The van der Waals surface area contributed by atoms with E-state index in [1.807, 2.05) is 68.4 Å². The molecule has 0 aliphatic carbocycles. The van der Waals surface area contributed by atoms with Gasteiger partial charge >= 0.3 is 0 Å². The summed E-state index contributed by atoms with van der Waals surface area (Å²) in [5.41, 5.74) is 8.53. The van der Waals surface area contributed by atoms with E-state index in [-0.39, 0.29) is 18.3 Å². The molecule has 0 aromatic heterocycles. The molecule has 2 N–H and O–H groups in total. The van der Waals surface area contributed by atoms with Crippen LogP contribution < -0.4 is 5.73 Å². The van der Waals surface area contributed by atoms with Crippen molar-refractivity contribution < 1.29 is 18.9 Å². The van der Waals surface area contributed by atoms with E-state index >= 15 is 0 Å². The predicted octanol–water partition coefficient (Wildman–Crippen LogP) is 4.20. The molecule has 5 rings (SSSR count). The van der Waals surface area contributed by atoms with E-state index in [0.717, 1.165) is 16.7 Å². The lowest BCUT2D eigenvalue weighted by molar-refractivity contribution is -0.194. The minimum Gasteiger partial charge on any atom is -0.358 e. The molecular formula is C27H29NO4. The molecule has 32 heavy (non-hydrogen) atoms. The highest BCUT2D eigenvalue weighted by atomic mass is 16.8. The number of hydrogen-bond donors (Lipinski definition) is 1. The van der Waals surface area contributed by atoms with Gasteiger partial charge in [-0.25, -0.2) is 0 Å². The van der Waals surface area contributed by atoms with E-state index in [2.05, 4.69) is 36.4 Å². The molecule has 3 aromatic rings. The Morgan fingerprint density at radius 2 is 1.19 bits per heavy atom. The van der Waals surface area contributed by atoms with Gasteiger partial charge in [0.25, 0.3) is 0 Å². The summed E-state index contributed by atoms with van der Waals surface area (Å²) in [6.45, 7) is 4.10. The smallest absolute Gasteiger partial charge is 0.164 e. The van der Waals surface area contributed by atoms with Gasteiger partial charge in [-0.1, -0.05) is 91.0 Å². The molecule has 1 unspecified atom stereocenters. The van der Waals surface area contributed by atoms with E-state index < -0.39 is 17.6 Å². The Labute approximate surface area is 189 Å². The molecule has 5 heteroatoms. The van der Waals surface area contributed by atoms with Crippen molar-refractivity contribution in [2.75, 3.05) is 6.61 Å². The van der Waals surface area contributed by atoms with Crippen LogP contribution in [-0.4, -0.2) is 36.9 Å². The van der Waals surface area contributed by atoms with Crippen molar-refractivity contribution in [3.8, 4) is 0 Å². The Bertz CT molecular complexity index is 929. The normalized spacial score (nSPS) is 26.7. The molecule has 166 valence electrons. The second-order valence-corrected chi connectivity index (χ2v) is 8.79. The summed E-state index contributed by atoms with van der Waals surface area (Å²) in [5.74, 6) is -0.690. The fraction of sp³-hybridized carbons (Fsp3) is 0.333. The zero-order valence-electron chi connectivity index (χ0n) is 18.4. The van der Waals surface area contributed by atoms with Crippen molar-refractivity contribution in [3.63, 3.8) is 0 Å². The average Bonchev–Trinajstić information content (AvgIpc) is 3.29. The van der Waals surface area contributed by atoms with Crippen LogP contribution >= 0.6 is 0 Å². The van der Waals surface area contributed by atoms with Crippen molar-refractivity contribution in [3.05, 3.63) is 108 Å². The summed E-state index contributed by atoms with van der Waals surface area (Å²) in [6.07, 6.45) is -1.47. The van der Waals surface area contributed by atoms with Crippen molar-refractivity contribution in [2.45, 2.75) is 49.8 Å². The third kappa shape index (κ3) is 3.76. The first-order valence-electron chi connectivity index (χ1n) is 11.1. The van der Waals surface area contributed by atoms with E-state index in [0.29, 0.717) is 6.61 Å². The van der Waals surface area contributed by atoms with E-state index in [4.69, 9.17) is 24.7 Å². The standard InChI is InChI=1S/C27H29NO4/c1-26(2)31-23-22(30-25(28)24(23)32-26)18-29-27(19-12-6-3-7-13-19,20-14-8-4-9-15-20)21-16-10-5-11-17-21/h3-17,22-25H,18,28H2,1-2H3/t22-,23+,24?,25-/m1/s1. The van der Waals surface area contributed by atoms with Gasteiger partial charge in [0.2, 0.25) is 0 Å². The lowest BCUT2D eigenvalue weighted by atomic mass is 9.80. The predicted molar refractivity (Wildman–Crippen MR) is 122 cm³/mol. The Kier molecular flexibility index (Phi) is 5.61. The van der Waals surface area contributed by atoms with Crippen LogP contribution in [-0.2, 0) is 24.5 Å². The van der Waals surface area contributed by atoms with Gasteiger partial charge in [0, 0.05) is 0 Å². The molecule has 2 heterocycles. The maximum atomic E-state index is 6.88. The maximum absolute atomic E-state index is 6.88. The molecule has 5 nitrogen and oxygen atoms in total. The Morgan fingerprint density at radius 3 is 1.66 bits per heavy atom. The minimum absolute atomic E-state index is 0.278. The van der Waals surface area contributed by atoms with Crippen LogP contribution in [0.1, 0.15) is 30.5 Å². The third-order valence-corrected chi connectivity index (χ3v) is 6.19. The summed E-state index contributed by atoms with van der Waals surface area (Å²) in [4.78, 5) is 0. The molecule has 4 atom stereocenters. The number of ether oxygens (including phenoxy) is 4. The largest absolute Gasteiger partial charge is 0.358 e. The number of hydrogen-bond acceptors (Lipinski definition) is 5. The summed E-state index contributed by atoms with van der Waals surface area (Å²) in [6, 6.07) is 30.9. The van der Waals surface area contributed by atoms with Gasteiger partial charge < -0.3 is 24.7 Å². The molecular weight excluding hydrogens is 402 g/mol. The molecule has 0 spiro atoms. The highest BCUT2D eigenvalue weighted by Crippen LogP contribution is 2.42. The summed E-state index contributed by atoms with van der Waals surface area (Å²) >= 11 is 0. The highest BCUT2D eigenvalue weighted by molar-refractivity contribution is 5.47. The summed E-state index contributed by atoms with van der Waals surface area (Å²) in [5, 5.41) is 0. The minimum atomic E-state index is -0.815. The molecule has 2 saturated heterocycles. The van der Waals surface area contributed by atoms with Gasteiger partial charge in [0.1, 0.15) is 30.1 Å². The van der Waals surface area contributed by atoms with Gasteiger partial charge in [0.15, 0.2) is 5.79 Å². The molecule has 0 saturated carbocycles. The quantitative estimate of drug-likeness (QED) is 0.593. The second kappa shape index (κ2) is 8.43. The molecule has 2 aliphatic rings. The van der Waals surface area contributed by atoms with Crippen molar-refractivity contribution in [1.82, 2.24) is 0 Å². The zero-order chi connectivity index (χ0) is 22.2. The first-order chi connectivity index (χ1) is 15.5.